The molecule has 1 aromatic heterocycles. The van der Waals surface area contributed by atoms with Gasteiger partial charge in [0.15, 0.2) is 11.6 Å². The minimum Gasteiger partial charge on any atom is -0.469 e. The molecule has 2 heterocycles. The van der Waals surface area contributed by atoms with Gasteiger partial charge >= 0.3 is 0 Å². The minimum absolute atomic E-state index is 0.122. The van der Waals surface area contributed by atoms with E-state index in [0.717, 1.165) is 12.5 Å². The molecule has 0 saturated carbocycles. The number of furan rings is 1. The lowest BCUT2D eigenvalue weighted by atomic mass is 10.1. The van der Waals surface area contributed by atoms with Crippen molar-refractivity contribution in [3.63, 3.8) is 0 Å². The number of hydrogen-bond donors (Lipinski definition) is 2. The van der Waals surface area contributed by atoms with Crippen molar-refractivity contribution in [3.8, 4) is 0 Å². The Bertz CT molecular complexity index is 837. The summed E-state index contributed by atoms with van der Waals surface area (Å²) in [4.78, 5) is 25.8. The molecular weight excluding hydrogens is 356 g/mol. The molecule has 1 saturated heterocycles. The second-order valence-electron chi connectivity index (χ2n) is 6.58. The Morgan fingerprint density at radius 2 is 2.04 bits per heavy atom. The molecule has 1 aromatic carbocycles. The van der Waals surface area contributed by atoms with Gasteiger partial charge in [-0.3, -0.25) is 9.59 Å². The number of amides is 2. The maximum atomic E-state index is 13.4. The highest BCUT2D eigenvalue weighted by Gasteiger charge is 2.24. The van der Waals surface area contributed by atoms with Crippen LogP contribution < -0.4 is 15.5 Å². The van der Waals surface area contributed by atoms with Gasteiger partial charge in [0.1, 0.15) is 5.76 Å². The van der Waals surface area contributed by atoms with Gasteiger partial charge in [-0.25, -0.2) is 8.78 Å². The first-order valence-corrected chi connectivity index (χ1v) is 8.73. The fraction of sp³-hybridized carbons (Fsp3) is 0.368. The second-order valence-corrected chi connectivity index (χ2v) is 6.58. The fourth-order valence-corrected chi connectivity index (χ4v) is 3.11. The van der Waals surface area contributed by atoms with Gasteiger partial charge in [0.25, 0.3) is 5.91 Å². The zero-order valence-electron chi connectivity index (χ0n) is 14.9. The van der Waals surface area contributed by atoms with E-state index in [0.29, 0.717) is 36.6 Å². The molecule has 6 nitrogen and oxygen atoms in total. The largest absolute Gasteiger partial charge is 0.469 e. The minimum atomic E-state index is -0.868. The normalized spacial score (nSPS) is 16.4. The van der Waals surface area contributed by atoms with E-state index in [1.807, 2.05) is 4.90 Å². The van der Waals surface area contributed by atoms with Crippen molar-refractivity contribution in [3.05, 3.63) is 53.5 Å². The lowest BCUT2D eigenvalue weighted by Crippen LogP contribution is -2.39. The quantitative estimate of drug-likeness (QED) is 0.810. The first-order valence-electron chi connectivity index (χ1n) is 8.73. The monoisotopic (exact) mass is 377 g/mol. The van der Waals surface area contributed by atoms with Crippen LogP contribution in [0.4, 0.5) is 14.5 Å². The summed E-state index contributed by atoms with van der Waals surface area (Å²) in [5.41, 5.74) is 1.03. The van der Waals surface area contributed by atoms with Crippen LogP contribution in [0, 0.1) is 24.5 Å². The van der Waals surface area contributed by atoms with Gasteiger partial charge in [-0.2, -0.15) is 0 Å². The number of rotatable bonds is 6. The number of anilines is 1. The van der Waals surface area contributed by atoms with Crippen LogP contribution in [0.15, 0.2) is 34.9 Å². The van der Waals surface area contributed by atoms with E-state index in [9.17, 15) is 18.4 Å². The van der Waals surface area contributed by atoms with Gasteiger partial charge in [0.05, 0.1) is 18.4 Å². The van der Waals surface area contributed by atoms with Crippen LogP contribution in [0.1, 0.15) is 22.5 Å². The number of carbonyl (C=O) groups is 2. The number of aryl methyl sites for hydroxylation is 1. The van der Waals surface area contributed by atoms with E-state index >= 15 is 0 Å². The predicted octanol–water partition coefficient (Wildman–Crippen LogP) is 2.24. The van der Waals surface area contributed by atoms with E-state index in [-0.39, 0.29) is 24.3 Å². The average molecular weight is 377 g/mol. The third-order valence-corrected chi connectivity index (χ3v) is 4.66. The van der Waals surface area contributed by atoms with Gasteiger partial charge in [-0.1, -0.05) is 0 Å². The Labute approximate surface area is 155 Å². The Morgan fingerprint density at radius 1 is 1.22 bits per heavy atom. The summed E-state index contributed by atoms with van der Waals surface area (Å²) in [5.74, 6) is -1.68. The van der Waals surface area contributed by atoms with Gasteiger partial charge in [0.2, 0.25) is 5.91 Å². The third kappa shape index (κ3) is 4.64. The summed E-state index contributed by atoms with van der Waals surface area (Å²) in [7, 11) is 0. The highest BCUT2D eigenvalue weighted by Crippen LogP contribution is 2.24. The number of nitrogens with one attached hydrogen (secondary N) is 2. The van der Waals surface area contributed by atoms with Crippen molar-refractivity contribution >= 4 is 17.5 Å². The van der Waals surface area contributed by atoms with E-state index < -0.39 is 11.6 Å². The summed E-state index contributed by atoms with van der Waals surface area (Å²) < 4.78 is 31.5. The van der Waals surface area contributed by atoms with Crippen molar-refractivity contribution in [1.82, 2.24) is 10.6 Å². The van der Waals surface area contributed by atoms with E-state index in [4.69, 9.17) is 4.42 Å². The van der Waals surface area contributed by atoms with Gasteiger partial charge in [0, 0.05) is 31.4 Å². The molecule has 0 aliphatic carbocycles. The Kier molecular flexibility index (Phi) is 5.73. The molecule has 144 valence electrons. The summed E-state index contributed by atoms with van der Waals surface area (Å²) in [6.45, 7) is 3.37. The van der Waals surface area contributed by atoms with Crippen LogP contribution in [0.25, 0.3) is 0 Å². The maximum Gasteiger partial charge on any atom is 0.255 e. The van der Waals surface area contributed by atoms with Gasteiger partial charge in [-0.05, 0) is 37.5 Å². The molecule has 8 heteroatoms. The molecule has 0 unspecified atom stereocenters. The molecule has 2 N–H and O–H groups in total. The smallest absolute Gasteiger partial charge is 0.255 e. The summed E-state index contributed by atoms with van der Waals surface area (Å²) in [5, 5.41) is 5.34. The van der Waals surface area contributed by atoms with Crippen LogP contribution in [0.2, 0.25) is 0 Å². The average Bonchev–Trinajstić information content (AvgIpc) is 3.29. The Morgan fingerprint density at radius 3 is 2.74 bits per heavy atom. The van der Waals surface area contributed by atoms with E-state index in [2.05, 4.69) is 10.6 Å². The molecule has 1 fully saturated rings. The molecule has 1 atom stereocenters. The van der Waals surface area contributed by atoms with Crippen LogP contribution in [0.5, 0.6) is 0 Å². The lowest BCUT2D eigenvalue weighted by Gasteiger charge is -2.19. The van der Waals surface area contributed by atoms with Crippen molar-refractivity contribution in [2.24, 2.45) is 5.92 Å². The number of halogens is 2. The maximum absolute atomic E-state index is 13.4. The molecule has 0 bridgehead atoms. The molecule has 27 heavy (non-hydrogen) atoms. The molecule has 0 spiro atoms. The van der Waals surface area contributed by atoms with Crippen LogP contribution in [0.3, 0.4) is 0 Å². The SMILES string of the molecule is Cc1occc1C(=O)NCC(=O)NC[C@@H]1CCN(c2ccc(F)c(F)c2)C1. The molecular formula is C19H21F2N3O3. The molecule has 2 amide bonds. The fourth-order valence-electron chi connectivity index (χ4n) is 3.11. The molecule has 1 aliphatic rings. The van der Waals surface area contributed by atoms with Crippen LogP contribution in [-0.4, -0.2) is 38.0 Å². The van der Waals surface area contributed by atoms with Crippen molar-refractivity contribution < 1.29 is 22.8 Å². The first-order chi connectivity index (χ1) is 12.9. The van der Waals surface area contributed by atoms with Crippen molar-refractivity contribution in [2.45, 2.75) is 13.3 Å². The lowest BCUT2D eigenvalue weighted by molar-refractivity contribution is -0.120. The number of benzene rings is 1. The van der Waals surface area contributed by atoms with Crippen LogP contribution >= 0.6 is 0 Å². The zero-order chi connectivity index (χ0) is 19.4. The van der Waals surface area contributed by atoms with Crippen molar-refractivity contribution in [2.75, 3.05) is 31.1 Å². The zero-order valence-corrected chi connectivity index (χ0v) is 14.9. The summed E-state index contributed by atoms with van der Waals surface area (Å²) >= 11 is 0. The van der Waals surface area contributed by atoms with Gasteiger partial charge in [-0.15, -0.1) is 0 Å². The second kappa shape index (κ2) is 8.20. The Hall–Kier alpha value is -2.90. The number of hydrogen-bond acceptors (Lipinski definition) is 4. The first kappa shape index (κ1) is 18.9. The summed E-state index contributed by atoms with van der Waals surface area (Å²) in [6, 6.07) is 5.40. The molecule has 2 aromatic rings. The highest BCUT2D eigenvalue weighted by molar-refractivity contribution is 5.97. The number of nitrogens with zero attached hydrogens (tertiary/aromatic N) is 1. The highest BCUT2D eigenvalue weighted by atomic mass is 19.2. The topological polar surface area (TPSA) is 74.6 Å². The molecule has 3 rings (SSSR count). The van der Waals surface area contributed by atoms with E-state index in [1.165, 1.54) is 12.3 Å². The predicted molar refractivity (Wildman–Crippen MR) is 95.5 cm³/mol. The molecule has 0 radical (unpaired) electrons. The summed E-state index contributed by atoms with van der Waals surface area (Å²) in [6.07, 6.45) is 2.25. The molecule has 1 aliphatic heterocycles. The Balaban J connectivity index is 1.41. The third-order valence-electron chi connectivity index (χ3n) is 4.66. The van der Waals surface area contributed by atoms with Crippen molar-refractivity contribution in [1.29, 1.82) is 0 Å². The van der Waals surface area contributed by atoms with Crippen LogP contribution in [-0.2, 0) is 4.79 Å². The van der Waals surface area contributed by atoms with Gasteiger partial charge < -0.3 is 20.0 Å². The standard InChI is InChI=1S/C19H21F2N3O3/c1-12-15(5-7-27-12)19(26)23-10-18(25)22-9-13-4-6-24(11-13)14-2-3-16(20)17(21)8-14/h2-3,5,7-8,13H,4,6,9-11H2,1H3,(H,22,25)(H,23,26)/t13-/m0/s1. The number of carbonyl (C=O) groups excluding carboxylic acids is 2. The van der Waals surface area contributed by atoms with E-state index in [1.54, 1.807) is 19.1 Å².